The zero-order valence-electron chi connectivity index (χ0n) is 15.7. The van der Waals surface area contributed by atoms with Crippen molar-refractivity contribution in [1.29, 1.82) is 10.5 Å². The van der Waals surface area contributed by atoms with Crippen LogP contribution in [0.25, 0.3) is 0 Å². The fraction of sp³-hybridized carbons (Fsp3) is 0.476. The Bertz CT molecular complexity index is 779. The topological polar surface area (TPSA) is 103 Å². The molecule has 2 rings (SSSR count). The molecule has 0 amide bonds. The monoisotopic (exact) mass is 368 g/mol. The minimum absolute atomic E-state index is 0.0759. The number of nitrogens with zero attached hydrogens (tertiary/aromatic N) is 2. The number of carbonyl (C=O) groups excluding carboxylic acids is 1. The first-order valence-corrected chi connectivity index (χ1v) is 9.00. The van der Waals surface area contributed by atoms with Crippen LogP contribution in [0.3, 0.4) is 0 Å². The molecule has 0 heterocycles. The zero-order valence-corrected chi connectivity index (χ0v) is 15.7. The van der Waals surface area contributed by atoms with E-state index in [1.165, 1.54) is 0 Å². The van der Waals surface area contributed by atoms with Gasteiger partial charge < -0.3 is 14.6 Å². The molecule has 0 atom stereocenters. The Labute approximate surface area is 159 Å². The Morgan fingerprint density at radius 2 is 1.81 bits per heavy atom. The van der Waals surface area contributed by atoms with Crippen molar-refractivity contribution in [1.82, 2.24) is 0 Å². The molecule has 142 valence electrons. The first-order valence-electron chi connectivity index (χ1n) is 9.00. The number of ether oxygens (including phenoxy) is 2. The summed E-state index contributed by atoms with van der Waals surface area (Å²) in [5.74, 6) is -1.74. The first-order chi connectivity index (χ1) is 12.9. The predicted molar refractivity (Wildman–Crippen MR) is 98.1 cm³/mol. The highest BCUT2D eigenvalue weighted by Crippen LogP contribution is 2.47. The van der Waals surface area contributed by atoms with Gasteiger partial charge in [0.15, 0.2) is 0 Å². The molecule has 6 heteroatoms. The standard InChI is InChI=1S/C21H24N2O4/c1-3-26-19(25)18(24)17(13-22)21(15-23)11-9-20(2,10-12-21)27-14-16-7-5-4-6-8-16/h4-8,24H,3,9-12,14H2,1-2H3. The number of allylic oxidation sites excluding steroid dienone is 1. The van der Waals surface area contributed by atoms with Crippen molar-refractivity contribution in [3.8, 4) is 12.1 Å². The van der Waals surface area contributed by atoms with Gasteiger partial charge in [0.1, 0.15) is 6.07 Å². The Hall–Kier alpha value is -2.83. The normalized spacial score (nSPS) is 25.6. The molecule has 1 aliphatic rings. The van der Waals surface area contributed by atoms with Crippen LogP contribution < -0.4 is 0 Å². The lowest BCUT2D eigenvalue weighted by Crippen LogP contribution is -2.39. The van der Waals surface area contributed by atoms with Crippen LogP contribution in [-0.4, -0.2) is 23.3 Å². The third kappa shape index (κ3) is 4.67. The second-order valence-corrected chi connectivity index (χ2v) is 6.97. The molecular weight excluding hydrogens is 344 g/mol. The van der Waals surface area contributed by atoms with Crippen molar-refractivity contribution >= 4 is 5.97 Å². The Balaban J connectivity index is 2.14. The highest BCUT2D eigenvalue weighted by atomic mass is 16.5. The summed E-state index contributed by atoms with van der Waals surface area (Å²) in [5, 5.41) is 29.4. The van der Waals surface area contributed by atoms with Crippen LogP contribution in [0.1, 0.15) is 45.1 Å². The smallest absolute Gasteiger partial charge is 0.374 e. The Morgan fingerprint density at radius 3 is 2.33 bits per heavy atom. The minimum Gasteiger partial charge on any atom is -0.501 e. The van der Waals surface area contributed by atoms with E-state index in [2.05, 4.69) is 6.07 Å². The van der Waals surface area contributed by atoms with Crippen LogP contribution in [0.15, 0.2) is 41.7 Å². The summed E-state index contributed by atoms with van der Waals surface area (Å²) in [6, 6.07) is 13.8. The molecule has 1 saturated carbocycles. The molecule has 1 aromatic carbocycles. The van der Waals surface area contributed by atoms with Gasteiger partial charge in [0, 0.05) is 0 Å². The summed E-state index contributed by atoms with van der Waals surface area (Å²) in [7, 11) is 0. The van der Waals surface area contributed by atoms with Gasteiger partial charge in [0.05, 0.1) is 35.9 Å². The maximum Gasteiger partial charge on any atom is 0.374 e. The zero-order chi connectivity index (χ0) is 19.9. The number of aliphatic hydroxyl groups is 1. The molecule has 27 heavy (non-hydrogen) atoms. The van der Waals surface area contributed by atoms with E-state index in [-0.39, 0.29) is 12.2 Å². The van der Waals surface area contributed by atoms with Crippen LogP contribution in [0.4, 0.5) is 0 Å². The van der Waals surface area contributed by atoms with Gasteiger partial charge in [-0.2, -0.15) is 10.5 Å². The number of rotatable bonds is 6. The van der Waals surface area contributed by atoms with Crippen molar-refractivity contribution in [3.05, 3.63) is 47.2 Å². The molecule has 6 nitrogen and oxygen atoms in total. The molecule has 0 radical (unpaired) electrons. The maximum atomic E-state index is 11.8. The van der Waals surface area contributed by atoms with E-state index in [1.807, 2.05) is 43.3 Å². The van der Waals surface area contributed by atoms with Gasteiger partial charge in [-0.1, -0.05) is 30.3 Å². The number of aliphatic hydroxyl groups excluding tert-OH is 1. The minimum atomic E-state index is -1.21. The van der Waals surface area contributed by atoms with Gasteiger partial charge in [0.2, 0.25) is 5.76 Å². The summed E-state index contributed by atoms with van der Waals surface area (Å²) in [6.07, 6.45) is 1.71. The quantitative estimate of drug-likeness (QED) is 0.353. The van der Waals surface area contributed by atoms with E-state index < -0.39 is 22.7 Å². The molecule has 0 saturated heterocycles. The van der Waals surface area contributed by atoms with E-state index in [9.17, 15) is 20.4 Å². The Kier molecular flexibility index (Phi) is 6.60. The molecule has 1 fully saturated rings. The highest BCUT2D eigenvalue weighted by molar-refractivity contribution is 5.88. The average Bonchev–Trinajstić information content (AvgIpc) is 2.70. The van der Waals surface area contributed by atoms with E-state index in [1.54, 1.807) is 6.92 Å². The van der Waals surface area contributed by atoms with Crippen molar-refractivity contribution in [2.75, 3.05) is 6.61 Å². The van der Waals surface area contributed by atoms with Gasteiger partial charge in [0.25, 0.3) is 0 Å². The second-order valence-electron chi connectivity index (χ2n) is 6.97. The van der Waals surface area contributed by atoms with Crippen LogP contribution in [0.2, 0.25) is 0 Å². The predicted octanol–water partition coefficient (Wildman–Crippen LogP) is 3.94. The van der Waals surface area contributed by atoms with Crippen molar-refractivity contribution in [3.63, 3.8) is 0 Å². The molecule has 1 aromatic rings. The number of nitriles is 2. The number of hydrogen-bond acceptors (Lipinski definition) is 6. The van der Waals surface area contributed by atoms with E-state index >= 15 is 0 Å². The molecule has 0 aliphatic heterocycles. The van der Waals surface area contributed by atoms with Crippen molar-refractivity contribution < 1.29 is 19.4 Å². The molecule has 1 aliphatic carbocycles. The van der Waals surface area contributed by atoms with Crippen molar-refractivity contribution in [2.45, 2.75) is 51.7 Å². The molecule has 0 unspecified atom stereocenters. The fourth-order valence-corrected chi connectivity index (χ4v) is 3.29. The van der Waals surface area contributed by atoms with E-state index in [4.69, 9.17) is 9.47 Å². The summed E-state index contributed by atoms with van der Waals surface area (Å²) in [4.78, 5) is 11.8. The van der Waals surface area contributed by atoms with Crippen LogP contribution in [-0.2, 0) is 20.9 Å². The van der Waals surface area contributed by atoms with Gasteiger partial charge >= 0.3 is 5.97 Å². The maximum absolute atomic E-state index is 11.8. The van der Waals surface area contributed by atoms with E-state index in [0.717, 1.165) is 5.56 Å². The first kappa shape index (κ1) is 20.5. The third-order valence-electron chi connectivity index (χ3n) is 5.10. The van der Waals surface area contributed by atoms with Gasteiger partial charge in [-0.05, 0) is 45.1 Å². The molecular formula is C21H24N2O4. The van der Waals surface area contributed by atoms with Gasteiger partial charge in [-0.25, -0.2) is 4.79 Å². The number of carbonyl (C=O) groups is 1. The largest absolute Gasteiger partial charge is 0.501 e. The van der Waals surface area contributed by atoms with Crippen LogP contribution in [0.5, 0.6) is 0 Å². The summed E-state index contributed by atoms with van der Waals surface area (Å²) in [6.45, 7) is 4.13. The number of hydrogen-bond donors (Lipinski definition) is 1. The molecule has 0 bridgehead atoms. The second kappa shape index (κ2) is 8.70. The molecule has 1 N–H and O–H groups in total. The SMILES string of the molecule is CCOC(=O)C(O)=C(C#N)C1(C#N)CCC(C)(OCc2ccccc2)CC1. The van der Waals surface area contributed by atoms with Crippen molar-refractivity contribution in [2.24, 2.45) is 5.41 Å². The lowest BCUT2D eigenvalue weighted by molar-refractivity contribution is -0.141. The number of benzene rings is 1. The van der Waals surface area contributed by atoms with E-state index in [0.29, 0.717) is 32.3 Å². The Morgan fingerprint density at radius 1 is 1.19 bits per heavy atom. The fourth-order valence-electron chi connectivity index (χ4n) is 3.29. The number of esters is 1. The third-order valence-corrected chi connectivity index (χ3v) is 5.10. The van der Waals surface area contributed by atoms with Crippen LogP contribution in [0, 0.1) is 28.1 Å². The average molecular weight is 368 g/mol. The lowest BCUT2D eigenvalue weighted by Gasteiger charge is -2.41. The molecule has 0 aromatic heterocycles. The highest BCUT2D eigenvalue weighted by Gasteiger charge is 2.46. The molecule has 0 spiro atoms. The van der Waals surface area contributed by atoms with Gasteiger partial charge in [-0.15, -0.1) is 0 Å². The summed E-state index contributed by atoms with van der Waals surface area (Å²) in [5.41, 5.74) is -0.792. The van der Waals surface area contributed by atoms with Crippen LogP contribution >= 0.6 is 0 Å². The summed E-state index contributed by atoms with van der Waals surface area (Å²) < 4.78 is 10.9. The summed E-state index contributed by atoms with van der Waals surface area (Å²) >= 11 is 0. The van der Waals surface area contributed by atoms with Gasteiger partial charge in [-0.3, -0.25) is 0 Å². The lowest BCUT2D eigenvalue weighted by atomic mass is 9.66.